The van der Waals surface area contributed by atoms with Gasteiger partial charge in [0.1, 0.15) is 5.75 Å². The molecule has 3 aromatic rings. The highest BCUT2D eigenvalue weighted by molar-refractivity contribution is 5.36. The van der Waals surface area contributed by atoms with Gasteiger partial charge in [-0.25, -0.2) is 4.68 Å². The van der Waals surface area contributed by atoms with Crippen LogP contribution in [0.25, 0.3) is 5.69 Å². The number of nitrogens with zero attached hydrogens (tertiary/aromatic N) is 4. The lowest BCUT2D eigenvalue weighted by molar-refractivity contribution is 0.201. The first-order valence-corrected chi connectivity index (χ1v) is 9.15. The van der Waals surface area contributed by atoms with Crippen molar-refractivity contribution in [1.29, 1.82) is 0 Å². The van der Waals surface area contributed by atoms with Crippen LogP contribution in [0.5, 0.6) is 5.75 Å². The minimum Gasteiger partial charge on any atom is -0.496 e. The van der Waals surface area contributed by atoms with Crippen molar-refractivity contribution in [3.05, 3.63) is 72.1 Å². The van der Waals surface area contributed by atoms with Crippen molar-refractivity contribution in [2.45, 2.75) is 25.3 Å². The first-order chi connectivity index (χ1) is 12.8. The zero-order valence-electron chi connectivity index (χ0n) is 15.1. The van der Waals surface area contributed by atoms with Gasteiger partial charge in [0, 0.05) is 6.54 Å². The van der Waals surface area contributed by atoms with Gasteiger partial charge < -0.3 is 4.74 Å². The summed E-state index contributed by atoms with van der Waals surface area (Å²) in [7, 11) is 1.75. The molecule has 2 aromatic carbocycles. The predicted octanol–water partition coefficient (Wildman–Crippen LogP) is 3.66. The standard InChI is InChI=1S/C21H24N4O/c1-26-21-10-6-5-9-20(21)17-11-13-24(14-12-17)15-18-16-25(23-22-18)19-7-3-2-4-8-19/h2-10,16-17H,11-15H2,1H3. The van der Waals surface area contributed by atoms with Gasteiger partial charge in [0.05, 0.1) is 24.7 Å². The molecule has 1 aliphatic rings. The summed E-state index contributed by atoms with van der Waals surface area (Å²) in [4.78, 5) is 2.46. The first-order valence-electron chi connectivity index (χ1n) is 9.15. The number of hydrogen-bond donors (Lipinski definition) is 0. The molecule has 4 rings (SSSR count). The Hall–Kier alpha value is -2.66. The number of ether oxygens (including phenoxy) is 1. The van der Waals surface area contributed by atoms with Crippen molar-refractivity contribution in [2.24, 2.45) is 0 Å². The summed E-state index contributed by atoms with van der Waals surface area (Å²) in [5.41, 5.74) is 3.40. The fourth-order valence-electron chi connectivity index (χ4n) is 3.71. The van der Waals surface area contributed by atoms with E-state index in [9.17, 15) is 0 Å². The van der Waals surface area contributed by atoms with Crippen molar-refractivity contribution < 1.29 is 4.74 Å². The summed E-state index contributed by atoms with van der Waals surface area (Å²) in [5.74, 6) is 1.58. The largest absolute Gasteiger partial charge is 0.496 e. The van der Waals surface area contributed by atoms with Gasteiger partial charge in [-0.2, -0.15) is 0 Å². The molecule has 1 aliphatic heterocycles. The molecule has 0 aliphatic carbocycles. The fourth-order valence-corrected chi connectivity index (χ4v) is 3.71. The SMILES string of the molecule is COc1ccccc1C1CCN(Cc2cn(-c3ccccc3)nn2)CC1. The van der Waals surface area contributed by atoms with Crippen molar-refractivity contribution >= 4 is 0 Å². The van der Waals surface area contributed by atoms with Gasteiger partial charge >= 0.3 is 0 Å². The summed E-state index contributed by atoms with van der Waals surface area (Å²) in [6.07, 6.45) is 4.32. The van der Waals surface area contributed by atoms with E-state index in [0.29, 0.717) is 5.92 Å². The van der Waals surface area contributed by atoms with Gasteiger partial charge in [0.25, 0.3) is 0 Å². The van der Waals surface area contributed by atoms with Crippen LogP contribution in [-0.4, -0.2) is 40.1 Å². The molecule has 0 unspecified atom stereocenters. The lowest BCUT2D eigenvalue weighted by atomic mass is 9.89. The molecule has 0 radical (unpaired) electrons. The Kier molecular flexibility index (Phi) is 4.97. The van der Waals surface area contributed by atoms with E-state index in [2.05, 4.69) is 33.4 Å². The van der Waals surface area contributed by atoms with E-state index in [1.807, 2.05) is 47.3 Å². The van der Waals surface area contributed by atoms with Crippen LogP contribution < -0.4 is 4.74 Å². The number of aromatic nitrogens is 3. The van der Waals surface area contributed by atoms with Crippen LogP contribution in [0.15, 0.2) is 60.8 Å². The second-order valence-electron chi connectivity index (χ2n) is 6.78. The van der Waals surface area contributed by atoms with E-state index < -0.39 is 0 Å². The van der Waals surface area contributed by atoms with Crippen LogP contribution >= 0.6 is 0 Å². The van der Waals surface area contributed by atoms with Crippen molar-refractivity contribution in [1.82, 2.24) is 19.9 Å². The third kappa shape index (κ3) is 3.63. The average Bonchev–Trinajstić information content (AvgIpc) is 3.18. The Morgan fingerprint density at radius 1 is 1.00 bits per heavy atom. The molecule has 0 amide bonds. The number of benzene rings is 2. The highest BCUT2D eigenvalue weighted by Gasteiger charge is 2.23. The number of para-hydroxylation sites is 2. The van der Waals surface area contributed by atoms with E-state index in [4.69, 9.17) is 4.74 Å². The molecule has 0 spiro atoms. The Bertz CT molecular complexity index is 838. The summed E-state index contributed by atoms with van der Waals surface area (Å²) < 4.78 is 7.38. The van der Waals surface area contributed by atoms with Crippen molar-refractivity contribution in [2.75, 3.05) is 20.2 Å². The molecule has 134 valence electrons. The first kappa shape index (κ1) is 16.8. The topological polar surface area (TPSA) is 43.2 Å². The Labute approximate surface area is 154 Å². The third-order valence-corrected chi connectivity index (χ3v) is 5.11. The zero-order valence-corrected chi connectivity index (χ0v) is 15.1. The molecular weight excluding hydrogens is 324 g/mol. The van der Waals surface area contributed by atoms with Crippen LogP contribution in [-0.2, 0) is 6.54 Å². The van der Waals surface area contributed by atoms with Crippen LogP contribution in [0.4, 0.5) is 0 Å². The van der Waals surface area contributed by atoms with Crippen molar-refractivity contribution in [3.8, 4) is 11.4 Å². The molecule has 0 N–H and O–H groups in total. The van der Waals surface area contributed by atoms with Crippen molar-refractivity contribution in [3.63, 3.8) is 0 Å². The average molecular weight is 348 g/mol. The normalized spacial score (nSPS) is 15.9. The maximum Gasteiger partial charge on any atom is 0.122 e. The summed E-state index contributed by atoms with van der Waals surface area (Å²) >= 11 is 0. The second kappa shape index (κ2) is 7.70. The molecule has 2 heterocycles. The Morgan fingerprint density at radius 2 is 1.73 bits per heavy atom. The van der Waals surface area contributed by atoms with E-state index in [-0.39, 0.29) is 0 Å². The highest BCUT2D eigenvalue weighted by atomic mass is 16.5. The van der Waals surface area contributed by atoms with E-state index in [0.717, 1.165) is 49.6 Å². The Balaban J connectivity index is 1.36. The quantitative estimate of drug-likeness (QED) is 0.706. The number of piperidine rings is 1. The molecule has 1 aromatic heterocycles. The minimum atomic E-state index is 0.572. The van der Waals surface area contributed by atoms with Gasteiger partial charge in [0.15, 0.2) is 0 Å². The minimum absolute atomic E-state index is 0.572. The fraction of sp³-hybridized carbons (Fsp3) is 0.333. The maximum atomic E-state index is 5.53. The molecule has 0 atom stereocenters. The zero-order chi connectivity index (χ0) is 17.8. The number of rotatable bonds is 5. The van der Waals surface area contributed by atoms with Crippen LogP contribution in [0.3, 0.4) is 0 Å². The maximum absolute atomic E-state index is 5.53. The second-order valence-corrected chi connectivity index (χ2v) is 6.78. The molecule has 5 heteroatoms. The molecule has 1 fully saturated rings. The van der Waals surface area contributed by atoms with E-state index in [1.165, 1.54) is 5.56 Å². The molecule has 1 saturated heterocycles. The number of hydrogen-bond acceptors (Lipinski definition) is 4. The van der Waals surface area contributed by atoms with Gasteiger partial charge in [-0.15, -0.1) is 5.10 Å². The molecule has 0 saturated carbocycles. The van der Waals surface area contributed by atoms with E-state index >= 15 is 0 Å². The summed E-state index contributed by atoms with van der Waals surface area (Å²) in [6, 6.07) is 18.5. The van der Waals surface area contributed by atoms with Crippen LogP contribution in [0, 0.1) is 0 Å². The van der Waals surface area contributed by atoms with E-state index in [1.54, 1.807) is 7.11 Å². The van der Waals surface area contributed by atoms with Crippen LogP contribution in [0.1, 0.15) is 30.0 Å². The molecular formula is C21H24N4O. The predicted molar refractivity (Wildman–Crippen MR) is 102 cm³/mol. The number of likely N-dealkylation sites (tertiary alicyclic amines) is 1. The lowest BCUT2D eigenvalue weighted by Crippen LogP contribution is -2.32. The van der Waals surface area contributed by atoms with Crippen LogP contribution in [0.2, 0.25) is 0 Å². The van der Waals surface area contributed by atoms with Gasteiger partial charge in [0.2, 0.25) is 0 Å². The molecule has 5 nitrogen and oxygen atoms in total. The molecule has 26 heavy (non-hydrogen) atoms. The van der Waals surface area contributed by atoms with Gasteiger partial charge in [-0.05, 0) is 55.6 Å². The summed E-state index contributed by atoms with van der Waals surface area (Å²) in [5, 5.41) is 8.60. The summed E-state index contributed by atoms with van der Waals surface area (Å²) in [6.45, 7) is 2.99. The monoisotopic (exact) mass is 348 g/mol. The van der Waals surface area contributed by atoms with Gasteiger partial charge in [-0.1, -0.05) is 41.6 Å². The van der Waals surface area contributed by atoms with Gasteiger partial charge in [-0.3, -0.25) is 4.90 Å². The third-order valence-electron chi connectivity index (χ3n) is 5.11. The lowest BCUT2D eigenvalue weighted by Gasteiger charge is -2.32. The Morgan fingerprint density at radius 3 is 2.50 bits per heavy atom. The molecule has 0 bridgehead atoms. The number of methoxy groups -OCH3 is 1. The highest BCUT2D eigenvalue weighted by Crippen LogP contribution is 2.34. The smallest absolute Gasteiger partial charge is 0.122 e.